The Hall–Kier alpha value is -0.926. The first-order valence-electron chi connectivity index (χ1n) is 14.6. The largest absolute Gasteiger partial charge is 0.493 e. The molecule has 0 aliphatic carbocycles. The molecular formula is C31H56O4Si2. The van der Waals surface area contributed by atoms with E-state index in [0.29, 0.717) is 46.5 Å². The average Bonchev–Trinajstić information content (AvgIpc) is 2.81. The highest BCUT2D eigenvalue weighted by Crippen LogP contribution is 2.45. The fourth-order valence-corrected chi connectivity index (χ4v) is 18.2. The molecule has 0 unspecified atom stereocenters. The van der Waals surface area contributed by atoms with Gasteiger partial charge < -0.3 is 18.3 Å². The summed E-state index contributed by atoms with van der Waals surface area (Å²) in [4.78, 5) is 0. The van der Waals surface area contributed by atoms with Gasteiger partial charge in [-0.15, -0.1) is 0 Å². The Bertz CT molecular complexity index is 776. The zero-order valence-electron chi connectivity index (χ0n) is 25.8. The predicted molar refractivity (Wildman–Crippen MR) is 162 cm³/mol. The molecule has 0 fully saturated rings. The van der Waals surface area contributed by atoms with Crippen molar-refractivity contribution in [3.8, 4) is 0 Å². The highest BCUT2D eigenvalue weighted by molar-refractivity contribution is 6.78. The molecule has 1 heterocycles. The monoisotopic (exact) mass is 548 g/mol. The summed E-state index contributed by atoms with van der Waals surface area (Å²) in [6.45, 7) is 29.1. The van der Waals surface area contributed by atoms with Crippen LogP contribution in [0.2, 0.25) is 33.2 Å². The van der Waals surface area contributed by atoms with E-state index in [2.05, 4.69) is 113 Å². The van der Waals surface area contributed by atoms with Crippen molar-refractivity contribution in [2.24, 2.45) is 0 Å². The van der Waals surface area contributed by atoms with Crippen LogP contribution in [0.3, 0.4) is 0 Å². The van der Waals surface area contributed by atoms with Gasteiger partial charge in [0.05, 0.1) is 25.6 Å². The third kappa shape index (κ3) is 7.18. The first kappa shape index (κ1) is 32.3. The first-order valence-corrected chi connectivity index (χ1v) is 18.9. The van der Waals surface area contributed by atoms with Crippen LogP contribution in [0.25, 0.3) is 0 Å². The van der Waals surface area contributed by atoms with Gasteiger partial charge in [-0.2, -0.15) is 0 Å². The molecule has 1 aromatic rings. The Morgan fingerprint density at radius 1 is 0.703 bits per heavy atom. The summed E-state index contributed by atoms with van der Waals surface area (Å²) in [5.74, 6) is 0. The van der Waals surface area contributed by atoms with E-state index in [4.69, 9.17) is 18.3 Å². The van der Waals surface area contributed by atoms with Crippen LogP contribution >= 0.6 is 0 Å². The normalized spacial score (nSPS) is 21.2. The van der Waals surface area contributed by atoms with E-state index in [9.17, 15) is 0 Å². The lowest BCUT2D eigenvalue weighted by atomic mass is 10.1. The van der Waals surface area contributed by atoms with Gasteiger partial charge in [0, 0.05) is 0 Å². The molecule has 1 aromatic carbocycles. The van der Waals surface area contributed by atoms with Crippen molar-refractivity contribution in [1.82, 2.24) is 0 Å². The summed E-state index contributed by atoms with van der Waals surface area (Å²) in [5.41, 5.74) is 4.20. The van der Waals surface area contributed by atoms with Crippen molar-refractivity contribution in [3.05, 3.63) is 48.2 Å². The van der Waals surface area contributed by atoms with Crippen LogP contribution in [-0.2, 0) is 24.9 Å². The van der Waals surface area contributed by atoms with Crippen LogP contribution in [0.15, 0.2) is 42.7 Å². The molecule has 3 atom stereocenters. The average molecular weight is 549 g/mol. The van der Waals surface area contributed by atoms with Gasteiger partial charge in [-0.1, -0.05) is 113 Å². The minimum Gasteiger partial charge on any atom is -0.493 e. The van der Waals surface area contributed by atoms with Crippen LogP contribution in [0, 0.1) is 0 Å². The number of hydrogen-bond donors (Lipinski definition) is 0. The molecule has 4 nitrogen and oxygen atoms in total. The second kappa shape index (κ2) is 13.9. The maximum atomic E-state index is 7.27. The van der Waals surface area contributed by atoms with Crippen LogP contribution < -0.4 is 0 Å². The minimum atomic E-state index is -2.13. The van der Waals surface area contributed by atoms with Gasteiger partial charge in [-0.25, -0.2) is 0 Å². The van der Waals surface area contributed by atoms with E-state index in [-0.39, 0.29) is 18.3 Å². The number of benzene rings is 1. The molecule has 2 rings (SSSR count). The Morgan fingerprint density at radius 2 is 1.19 bits per heavy atom. The maximum Gasteiger partial charge on any atom is 0.201 e. The van der Waals surface area contributed by atoms with Crippen molar-refractivity contribution in [2.45, 2.75) is 141 Å². The molecule has 1 aliphatic heterocycles. The standard InChI is InChI=1S/C31H56O4Si2/c1-22(2)36(23(3)4,24(5)6)34-21-30-31(33-20-28-16-14-13-15-17-28)29(18-19-32-30)35-37(25(7)8,26(9)10)27(11)12/h13-19,22-27,29-31H,20-21H2,1-12H3/t29-,30-,31+/m1/s1. The zero-order chi connectivity index (χ0) is 28.0. The lowest BCUT2D eigenvalue weighted by molar-refractivity contribution is -0.116. The van der Waals surface area contributed by atoms with Crippen LogP contribution in [0.4, 0.5) is 0 Å². The molecule has 212 valence electrons. The van der Waals surface area contributed by atoms with Gasteiger partial charge in [-0.05, 0) is 44.9 Å². The zero-order valence-corrected chi connectivity index (χ0v) is 27.8. The third-order valence-electron chi connectivity index (χ3n) is 8.75. The quantitative estimate of drug-likeness (QED) is 0.217. The Kier molecular flexibility index (Phi) is 12.2. The molecule has 0 N–H and O–H groups in total. The summed E-state index contributed by atoms with van der Waals surface area (Å²) in [5, 5.41) is 0. The van der Waals surface area contributed by atoms with Crippen molar-refractivity contribution < 1.29 is 18.3 Å². The Morgan fingerprint density at radius 3 is 1.65 bits per heavy atom. The first-order chi connectivity index (χ1) is 17.3. The minimum absolute atomic E-state index is 0.154. The highest BCUT2D eigenvalue weighted by Gasteiger charge is 2.50. The van der Waals surface area contributed by atoms with Gasteiger partial charge in [0.15, 0.2) is 0 Å². The van der Waals surface area contributed by atoms with Crippen molar-refractivity contribution in [3.63, 3.8) is 0 Å². The molecule has 37 heavy (non-hydrogen) atoms. The Balaban J connectivity index is 2.40. The summed E-state index contributed by atoms with van der Waals surface area (Å²) in [6, 6.07) is 10.4. The van der Waals surface area contributed by atoms with E-state index >= 15 is 0 Å². The fraction of sp³-hybridized carbons (Fsp3) is 0.742. The topological polar surface area (TPSA) is 36.9 Å². The van der Waals surface area contributed by atoms with Gasteiger partial charge in [0.25, 0.3) is 0 Å². The van der Waals surface area contributed by atoms with E-state index in [1.165, 1.54) is 0 Å². The highest BCUT2D eigenvalue weighted by atomic mass is 28.4. The van der Waals surface area contributed by atoms with Crippen LogP contribution in [0.5, 0.6) is 0 Å². The summed E-state index contributed by atoms with van der Waals surface area (Å²) >= 11 is 0. The lowest BCUT2D eigenvalue weighted by Crippen LogP contribution is -2.56. The second-order valence-electron chi connectivity index (χ2n) is 12.8. The lowest BCUT2D eigenvalue weighted by Gasteiger charge is -2.47. The van der Waals surface area contributed by atoms with Gasteiger partial charge >= 0.3 is 0 Å². The van der Waals surface area contributed by atoms with Crippen molar-refractivity contribution in [2.75, 3.05) is 6.61 Å². The van der Waals surface area contributed by atoms with Crippen LogP contribution in [-0.4, -0.2) is 41.6 Å². The number of ether oxygens (including phenoxy) is 2. The van der Waals surface area contributed by atoms with Crippen molar-refractivity contribution in [1.29, 1.82) is 0 Å². The summed E-state index contributed by atoms with van der Waals surface area (Å²) < 4.78 is 27.2. The smallest absolute Gasteiger partial charge is 0.201 e. The summed E-state index contributed by atoms with van der Waals surface area (Å²) in [6.07, 6.45) is 3.33. The molecule has 0 aromatic heterocycles. The molecule has 6 heteroatoms. The maximum absolute atomic E-state index is 7.27. The summed E-state index contributed by atoms with van der Waals surface area (Å²) in [7, 11) is -4.17. The van der Waals surface area contributed by atoms with E-state index < -0.39 is 16.6 Å². The number of rotatable bonds is 14. The van der Waals surface area contributed by atoms with Crippen LogP contribution in [0.1, 0.15) is 88.6 Å². The molecule has 0 saturated heterocycles. The Labute approximate surface area is 230 Å². The second-order valence-corrected chi connectivity index (χ2v) is 23.7. The molecule has 0 spiro atoms. The van der Waals surface area contributed by atoms with Gasteiger partial charge in [0.1, 0.15) is 12.2 Å². The SMILES string of the molecule is CC(C)[Si](OC[C@H]1OC=C[C@@H](O[Si](C(C)C)(C(C)C)C(C)C)[C@@H]1OCc1ccccc1)(C(C)C)C(C)C. The number of hydrogen-bond acceptors (Lipinski definition) is 4. The van der Waals surface area contributed by atoms with Gasteiger partial charge in [0.2, 0.25) is 16.6 Å². The molecule has 0 radical (unpaired) electrons. The molecular weight excluding hydrogens is 493 g/mol. The van der Waals surface area contributed by atoms with Gasteiger partial charge in [-0.3, -0.25) is 0 Å². The third-order valence-corrected chi connectivity index (χ3v) is 20.9. The molecule has 0 bridgehead atoms. The molecule has 0 saturated carbocycles. The van der Waals surface area contributed by atoms with E-state index in [0.717, 1.165) is 5.56 Å². The molecule has 0 amide bonds. The van der Waals surface area contributed by atoms with E-state index in [1.807, 2.05) is 12.3 Å². The predicted octanol–water partition coefficient (Wildman–Crippen LogP) is 9.24. The fourth-order valence-electron chi connectivity index (χ4n) is 7.20. The molecule has 1 aliphatic rings. The van der Waals surface area contributed by atoms with Crippen molar-refractivity contribution >= 4 is 16.6 Å². The van der Waals surface area contributed by atoms with E-state index in [1.54, 1.807) is 0 Å².